The van der Waals surface area contributed by atoms with Gasteiger partial charge in [-0.15, -0.1) is 11.3 Å². The van der Waals surface area contributed by atoms with Crippen LogP contribution in [-0.4, -0.2) is 11.2 Å². The first-order valence-electron chi connectivity index (χ1n) is 3.59. The fourth-order valence-electron chi connectivity index (χ4n) is 1.04. The zero-order valence-corrected chi connectivity index (χ0v) is 7.38. The van der Waals surface area contributed by atoms with Gasteiger partial charge in [-0.1, -0.05) is 0 Å². The lowest BCUT2D eigenvalue weighted by Gasteiger charge is -1.85. The molecule has 1 aromatic carbocycles. The number of aromatic nitrogens is 1. The molecule has 5 heteroatoms. The molecule has 0 atom stereocenters. The van der Waals surface area contributed by atoms with Crippen LogP contribution in [0.4, 0.5) is 4.39 Å². The molecule has 2 aromatic rings. The SMILES string of the molecule is N/N=C/c1nc2cc(F)ccc2s1. The maximum atomic E-state index is 12.7. The van der Waals surface area contributed by atoms with Gasteiger partial charge in [-0.25, -0.2) is 9.37 Å². The molecule has 1 aromatic heterocycles. The third kappa shape index (κ3) is 1.50. The molecule has 0 saturated heterocycles. The molecule has 0 aliphatic heterocycles. The third-order valence-electron chi connectivity index (χ3n) is 1.55. The van der Waals surface area contributed by atoms with Crippen molar-refractivity contribution in [3.05, 3.63) is 29.0 Å². The van der Waals surface area contributed by atoms with Crippen molar-refractivity contribution >= 4 is 27.8 Å². The summed E-state index contributed by atoms with van der Waals surface area (Å²) in [4.78, 5) is 4.11. The van der Waals surface area contributed by atoms with Crippen LogP contribution in [-0.2, 0) is 0 Å². The van der Waals surface area contributed by atoms with Gasteiger partial charge in [0.05, 0.1) is 16.4 Å². The highest BCUT2D eigenvalue weighted by Gasteiger charge is 2.02. The predicted octanol–water partition coefficient (Wildman–Crippen LogP) is 1.73. The van der Waals surface area contributed by atoms with Gasteiger partial charge >= 0.3 is 0 Å². The summed E-state index contributed by atoms with van der Waals surface area (Å²) in [5, 5.41) is 4.04. The van der Waals surface area contributed by atoms with Crippen LogP contribution >= 0.6 is 11.3 Å². The van der Waals surface area contributed by atoms with E-state index >= 15 is 0 Å². The fourth-order valence-corrected chi connectivity index (χ4v) is 1.87. The molecule has 13 heavy (non-hydrogen) atoms. The second-order valence-corrected chi connectivity index (χ2v) is 3.50. The second-order valence-electron chi connectivity index (χ2n) is 2.44. The molecule has 66 valence electrons. The summed E-state index contributed by atoms with van der Waals surface area (Å²) in [6.07, 6.45) is 1.45. The number of thiazole rings is 1. The quantitative estimate of drug-likeness (QED) is 0.428. The lowest BCUT2D eigenvalue weighted by Crippen LogP contribution is -1.83. The molecule has 0 aliphatic rings. The maximum absolute atomic E-state index is 12.7. The number of hydrazone groups is 1. The Bertz CT molecular complexity index is 463. The van der Waals surface area contributed by atoms with Gasteiger partial charge in [0.15, 0.2) is 0 Å². The van der Waals surface area contributed by atoms with Gasteiger partial charge in [-0.2, -0.15) is 5.10 Å². The Morgan fingerprint density at radius 2 is 2.38 bits per heavy atom. The topological polar surface area (TPSA) is 51.3 Å². The van der Waals surface area contributed by atoms with Crippen LogP contribution < -0.4 is 5.84 Å². The molecule has 2 rings (SSSR count). The van der Waals surface area contributed by atoms with E-state index in [0.29, 0.717) is 10.5 Å². The molecular formula is C8H6FN3S. The molecular weight excluding hydrogens is 189 g/mol. The summed E-state index contributed by atoms with van der Waals surface area (Å²) in [7, 11) is 0. The molecule has 3 nitrogen and oxygen atoms in total. The standard InChI is InChI=1S/C8H6FN3S/c9-5-1-2-7-6(3-5)12-8(13-7)4-11-10/h1-4H,10H2/b11-4+. The molecule has 0 spiro atoms. The minimum absolute atomic E-state index is 0.283. The number of nitrogens with zero attached hydrogens (tertiary/aromatic N) is 2. The van der Waals surface area contributed by atoms with E-state index in [2.05, 4.69) is 10.1 Å². The van der Waals surface area contributed by atoms with Crippen molar-refractivity contribution in [1.82, 2.24) is 4.98 Å². The Balaban J connectivity index is 2.62. The van der Waals surface area contributed by atoms with Crippen LogP contribution in [0.5, 0.6) is 0 Å². The Labute approximate surface area is 77.7 Å². The minimum atomic E-state index is -0.283. The highest BCUT2D eigenvalue weighted by molar-refractivity contribution is 7.20. The third-order valence-corrected chi connectivity index (χ3v) is 2.52. The molecule has 0 bridgehead atoms. The first-order valence-corrected chi connectivity index (χ1v) is 4.40. The number of nitrogens with two attached hydrogens (primary N) is 1. The van der Waals surface area contributed by atoms with Gasteiger partial charge in [0.2, 0.25) is 0 Å². The summed E-state index contributed by atoms with van der Waals surface area (Å²) < 4.78 is 13.7. The Morgan fingerprint density at radius 1 is 1.54 bits per heavy atom. The molecule has 0 radical (unpaired) electrons. The Kier molecular flexibility index (Phi) is 1.94. The molecule has 0 saturated carbocycles. The first kappa shape index (κ1) is 8.12. The van der Waals surface area contributed by atoms with E-state index in [1.807, 2.05) is 0 Å². The normalized spacial score (nSPS) is 11.5. The minimum Gasteiger partial charge on any atom is -0.323 e. The highest BCUT2D eigenvalue weighted by atomic mass is 32.1. The van der Waals surface area contributed by atoms with Gasteiger partial charge in [-0.3, -0.25) is 0 Å². The number of rotatable bonds is 1. The zero-order chi connectivity index (χ0) is 9.26. The van der Waals surface area contributed by atoms with Gasteiger partial charge < -0.3 is 5.84 Å². The van der Waals surface area contributed by atoms with E-state index in [4.69, 9.17) is 5.84 Å². The van der Waals surface area contributed by atoms with E-state index in [-0.39, 0.29) is 5.82 Å². The number of fused-ring (bicyclic) bond motifs is 1. The fraction of sp³-hybridized carbons (Fsp3) is 0. The Hall–Kier alpha value is -1.49. The van der Waals surface area contributed by atoms with E-state index in [1.165, 1.54) is 29.7 Å². The molecule has 0 aliphatic carbocycles. The van der Waals surface area contributed by atoms with E-state index < -0.39 is 0 Å². The van der Waals surface area contributed by atoms with Crippen LogP contribution in [0, 0.1) is 5.82 Å². The molecule has 0 amide bonds. The lowest BCUT2D eigenvalue weighted by molar-refractivity contribution is 0.629. The van der Waals surface area contributed by atoms with E-state index in [1.54, 1.807) is 6.07 Å². The summed E-state index contributed by atoms with van der Waals surface area (Å²) in [5.41, 5.74) is 0.639. The average Bonchev–Trinajstić information content (AvgIpc) is 2.46. The van der Waals surface area contributed by atoms with E-state index in [0.717, 1.165) is 4.70 Å². The highest BCUT2D eigenvalue weighted by Crippen LogP contribution is 2.21. The van der Waals surface area contributed by atoms with Crippen molar-refractivity contribution in [3.8, 4) is 0 Å². The van der Waals surface area contributed by atoms with E-state index in [9.17, 15) is 4.39 Å². The number of hydrogen-bond donors (Lipinski definition) is 1. The smallest absolute Gasteiger partial charge is 0.137 e. The number of halogens is 1. The van der Waals surface area contributed by atoms with Gasteiger partial charge in [0.25, 0.3) is 0 Å². The van der Waals surface area contributed by atoms with Crippen LogP contribution in [0.1, 0.15) is 5.01 Å². The summed E-state index contributed by atoms with van der Waals surface area (Å²) >= 11 is 1.42. The van der Waals surface area contributed by atoms with Crippen molar-refractivity contribution in [2.24, 2.45) is 10.9 Å². The van der Waals surface area contributed by atoms with Crippen LogP contribution in [0.25, 0.3) is 10.2 Å². The summed E-state index contributed by atoms with van der Waals surface area (Å²) in [6, 6.07) is 4.49. The maximum Gasteiger partial charge on any atom is 0.137 e. The summed E-state index contributed by atoms with van der Waals surface area (Å²) in [6.45, 7) is 0. The molecule has 2 N–H and O–H groups in total. The average molecular weight is 195 g/mol. The van der Waals surface area contributed by atoms with Crippen molar-refractivity contribution in [3.63, 3.8) is 0 Å². The summed E-state index contributed by atoms with van der Waals surface area (Å²) in [5.74, 6) is 4.69. The van der Waals surface area contributed by atoms with Gasteiger partial charge in [0, 0.05) is 6.07 Å². The molecule has 0 unspecified atom stereocenters. The number of hydrogen-bond acceptors (Lipinski definition) is 4. The van der Waals surface area contributed by atoms with Crippen molar-refractivity contribution in [1.29, 1.82) is 0 Å². The first-order chi connectivity index (χ1) is 6.29. The molecule has 1 heterocycles. The lowest BCUT2D eigenvalue weighted by atomic mass is 10.3. The zero-order valence-electron chi connectivity index (χ0n) is 6.57. The molecule has 0 fully saturated rings. The predicted molar refractivity (Wildman–Crippen MR) is 51.4 cm³/mol. The van der Waals surface area contributed by atoms with Gasteiger partial charge in [-0.05, 0) is 12.1 Å². The number of benzene rings is 1. The van der Waals surface area contributed by atoms with Crippen molar-refractivity contribution in [2.75, 3.05) is 0 Å². The van der Waals surface area contributed by atoms with Crippen molar-refractivity contribution in [2.45, 2.75) is 0 Å². The van der Waals surface area contributed by atoms with Crippen molar-refractivity contribution < 1.29 is 4.39 Å². The van der Waals surface area contributed by atoms with Crippen LogP contribution in [0.15, 0.2) is 23.3 Å². The second kappa shape index (κ2) is 3.10. The largest absolute Gasteiger partial charge is 0.323 e. The van der Waals surface area contributed by atoms with Gasteiger partial charge in [0.1, 0.15) is 10.8 Å². The Morgan fingerprint density at radius 3 is 3.15 bits per heavy atom. The monoisotopic (exact) mass is 195 g/mol. The van der Waals surface area contributed by atoms with Crippen LogP contribution in [0.2, 0.25) is 0 Å². The van der Waals surface area contributed by atoms with Crippen LogP contribution in [0.3, 0.4) is 0 Å².